The third-order valence-corrected chi connectivity index (χ3v) is 8.26. The lowest BCUT2D eigenvalue weighted by atomic mass is 10.00. The maximum absolute atomic E-state index is 12.9. The van der Waals surface area contributed by atoms with Crippen molar-refractivity contribution < 1.29 is 32.2 Å². The Labute approximate surface area is 274 Å². The van der Waals surface area contributed by atoms with Crippen molar-refractivity contribution in [2.75, 3.05) is 17.8 Å². The van der Waals surface area contributed by atoms with Gasteiger partial charge in [0, 0.05) is 11.6 Å². The van der Waals surface area contributed by atoms with E-state index in [4.69, 9.17) is 4.74 Å². The van der Waals surface area contributed by atoms with Gasteiger partial charge in [0.25, 0.3) is 0 Å². The minimum Gasteiger partial charge on any atom is -0.497 e. The van der Waals surface area contributed by atoms with Crippen LogP contribution < -0.4 is 19.7 Å². The van der Waals surface area contributed by atoms with Gasteiger partial charge in [-0.2, -0.15) is 4.99 Å². The highest BCUT2D eigenvalue weighted by molar-refractivity contribution is 8.15. The smallest absolute Gasteiger partial charge is 0.497 e. The third kappa shape index (κ3) is 8.50. The SMILES string of the molecule is COc1ccc(N2C(=O)CS/C2=N\C(=O)NC(C)CCc2ccc(-c3ncn(-c4ccc(OC(F)(F)F)cc4)n3)cc2)c(C(C)C)c1. The Balaban J connectivity index is 1.16. The summed E-state index contributed by atoms with van der Waals surface area (Å²) < 4.78 is 48.0. The van der Waals surface area contributed by atoms with E-state index in [2.05, 4.69) is 25.1 Å². The minimum absolute atomic E-state index is 0.118. The predicted octanol–water partition coefficient (Wildman–Crippen LogP) is 7.13. The lowest BCUT2D eigenvalue weighted by Gasteiger charge is -2.22. The summed E-state index contributed by atoms with van der Waals surface area (Å²) in [6.45, 7) is 5.96. The van der Waals surface area contributed by atoms with Crippen LogP contribution in [0.2, 0.25) is 0 Å². The first-order chi connectivity index (χ1) is 22.4. The number of thioether (sulfide) groups is 1. The van der Waals surface area contributed by atoms with Crippen molar-refractivity contribution >= 4 is 34.6 Å². The Kier molecular flexibility index (Phi) is 10.2. The van der Waals surface area contributed by atoms with E-state index in [1.54, 1.807) is 13.2 Å². The fourth-order valence-corrected chi connectivity index (χ4v) is 5.79. The number of hydrogen-bond acceptors (Lipinski definition) is 7. The number of amides is 3. The van der Waals surface area contributed by atoms with Crippen LogP contribution >= 0.6 is 11.8 Å². The zero-order valence-corrected chi connectivity index (χ0v) is 26.9. The van der Waals surface area contributed by atoms with E-state index in [9.17, 15) is 22.8 Å². The lowest BCUT2D eigenvalue weighted by molar-refractivity contribution is -0.274. The molecule has 0 bridgehead atoms. The zero-order chi connectivity index (χ0) is 33.7. The van der Waals surface area contributed by atoms with Crippen molar-refractivity contribution in [1.29, 1.82) is 0 Å². The van der Waals surface area contributed by atoms with Crippen LogP contribution in [0.25, 0.3) is 17.1 Å². The van der Waals surface area contributed by atoms with Gasteiger partial charge < -0.3 is 14.8 Å². The molecule has 4 aromatic rings. The van der Waals surface area contributed by atoms with E-state index in [0.29, 0.717) is 41.0 Å². The van der Waals surface area contributed by atoms with Gasteiger partial charge in [-0.15, -0.1) is 18.3 Å². The second-order valence-electron chi connectivity index (χ2n) is 11.1. The molecular weight excluding hydrogens is 633 g/mol. The van der Waals surface area contributed by atoms with Crippen LogP contribution in [0.3, 0.4) is 0 Å². The Hall–Kier alpha value is -4.85. The first-order valence-corrected chi connectivity index (χ1v) is 15.8. The van der Waals surface area contributed by atoms with Crippen molar-refractivity contribution in [2.45, 2.75) is 51.9 Å². The van der Waals surface area contributed by atoms with Crippen LogP contribution in [-0.2, 0) is 11.2 Å². The molecule has 0 saturated carbocycles. The average Bonchev–Trinajstić information content (AvgIpc) is 3.66. The molecule has 0 spiro atoms. The molecule has 10 nitrogen and oxygen atoms in total. The molecule has 1 aliphatic heterocycles. The first-order valence-electron chi connectivity index (χ1n) is 14.8. The number of anilines is 1. The normalized spacial score (nSPS) is 14.9. The van der Waals surface area contributed by atoms with Crippen LogP contribution in [-0.4, -0.2) is 57.1 Å². The van der Waals surface area contributed by atoms with Gasteiger partial charge in [0.2, 0.25) is 5.91 Å². The van der Waals surface area contributed by atoms with Crippen molar-refractivity contribution in [3.63, 3.8) is 0 Å². The molecule has 0 aliphatic carbocycles. The molecule has 246 valence electrons. The van der Waals surface area contributed by atoms with E-state index in [1.807, 2.05) is 57.2 Å². The van der Waals surface area contributed by atoms with Crippen LogP contribution in [0, 0.1) is 0 Å². The number of methoxy groups -OCH3 is 1. The average molecular weight is 667 g/mol. The maximum atomic E-state index is 12.9. The molecule has 1 aromatic heterocycles. The number of carbonyl (C=O) groups excluding carboxylic acids is 2. The van der Waals surface area contributed by atoms with E-state index in [1.165, 1.54) is 51.9 Å². The summed E-state index contributed by atoms with van der Waals surface area (Å²) in [5.41, 5.74) is 3.96. The van der Waals surface area contributed by atoms with Crippen molar-refractivity contribution in [1.82, 2.24) is 20.1 Å². The molecule has 2 heterocycles. The molecule has 5 rings (SSSR count). The summed E-state index contributed by atoms with van der Waals surface area (Å²) in [6, 6.07) is 17.8. The highest BCUT2D eigenvalue weighted by Gasteiger charge is 2.33. The molecule has 1 aliphatic rings. The number of hydrogen-bond donors (Lipinski definition) is 1. The van der Waals surface area contributed by atoms with Gasteiger partial charge in [0.05, 0.1) is 24.2 Å². The Bertz CT molecular complexity index is 1760. The van der Waals surface area contributed by atoms with Gasteiger partial charge in [-0.25, -0.2) is 14.5 Å². The van der Waals surface area contributed by atoms with Crippen LogP contribution in [0.1, 0.15) is 44.2 Å². The number of ether oxygens (including phenoxy) is 2. The molecule has 0 radical (unpaired) electrons. The molecule has 1 unspecified atom stereocenters. The van der Waals surface area contributed by atoms with Gasteiger partial charge in [0.15, 0.2) is 11.0 Å². The van der Waals surface area contributed by atoms with E-state index < -0.39 is 12.4 Å². The van der Waals surface area contributed by atoms with Gasteiger partial charge in [-0.05, 0) is 79.3 Å². The number of halogens is 3. The summed E-state index contributed by atoms with van der Waals surface area (Å²) in [6.07, 6.45) is -1.93. The molecule has 1 N–H and O–H groups in total. The summed E-state index contributed by atoms with van der Waals surface area (Å²) in [7, 11) is 1.59. The summed E-state index contributed by atoms with van der Waals surface area (Å²) in [5.74, 6) is 1.01. The standard InChI is InChI=1S/C33H33F3N6O4S/c1-20(2)27-17-26(45-4)15-16-28(27)42-29(43)18-47-32(42)39-31(44)38-21(3)5-6-22-7-9-23(10-8-22)30-37-19-41(40-30)24-11-13-25(14-12-24)46-33(34,35)36/h7-17,19-21H,5-6,18H2,1-4H3,(H,38,44)/b39-32-. The number of rotatable bonds is 10. The molecule has 1 fully saturated rings. The summed E-state index contributed by atoms with van der Waals surface area (Å²) in [4.78, 5) is 35.8. The van der Waals surface area contributed by atoms with Gasteiger partial charge in [-0.3, -0.25) is 9.69 Å². The number of carbonyl (C=O) groups is 2. The monoisotopic (exact) mass is 666 g/mol. The van der Waals surface area contributed by atoms with Crippen LogP contribution in [0.15, 0.2) is 78.0 Å². The second-order valence-corrected chi connectivity index (χ2v) is 12.1. The topological polar surface area (TPSA) is 111 Å². The second kappa shape index (κ2) is 14.3. The Morgan fingerprint density at radius 1 is 1.04 bits per heavy atom. The number of aliphatic imine (C=N–C) groups is 1. The Morgan fingerprint density at radius 3 is 2.40 bits per heavy atom. The fourth-order valence-electron chi connectivity index (χ4n) is 4.93. The molecule has 1 saturated heterocycles. The van der Waals surface area contributed by atoms with Crippen LogP contribution in [0.5, 0.6) is 11.5 Å². The summed E-state index contributed by atoms with van der Waals surface area (Å²) >= 11 is 1.23. The van der Waals surface area contributed by atoms with E-state index >= 15 is 0 Å². The van der Waals surface area contributed by atoms with Gasteiger partial charge >= 0.3 is 12.4 Å². The number of aromatic nitrogens is 3. The number of aryl methyl sites for hydroxylation is 1. The lowest BCUT2D eigenvalue weighted by Crippen LogP contribution is -2.34. The number of amidine groups is 1. The van der Waals surface area contributed by atoms with Crippen molar-refractivity contribution in [3.05, 3.63) is 84.2 Å². The highest BCUT2D eigenvalue weighted by atomic mass is 32.2. The Morgan fingerprint density at radius 2 is 1.74 bits per heavy atom. The minimum atomic E-state index is -4.76. The predicted molar refractivity (Wildman–Crippen MR) is 174 cm³/mol. The van der Waals surface area contributed by atoms with E-state index in [0.717, 1.165) is 16.7 Å². The first kappa shape index (κ1) is 33.5. The molecule has 14 heteroatoms. The molecular formula is C33H33F3N6O4S. The third-order valence-electron chi connectivity index (χ3n) is 7.33. The van der Waals surface area contributed by atoms with Crippen molar-refractivity contribution in [2.24, 2.45) is 4.99 Å². The number of alkyl halides is 3. The number of nitrogens with one attached hydrogen (secondary N) is 1. The van der Waals surface area contributed by atoms with Gasteiger partial charge in [-0.1, -0.05) is 49.9 Å². The zero-order valence-electron chi connectivity index (χ0n) is 26.1. The number of benzene rings is 3. The van der Waals surface area contributed by atoms with Crippen LogP contribution in [0.4, 0.5) is 23.7 Å². The highest BCUT2D eigenvalue weighted by Crippen LogP contribution is 2.35. The number of nitrogens with zero attached hydrogens (tertiary/aromatic N) is 5. The molecule has 47 heavy (non-hydrogen) atoms. The summed E-state index contributed by atoms with van der Waals surface area (Å²) in [5, 5.41) is 7.68. The largest absolute Gasteiger partial charge is 0.573 e. The maximum Gasteiger partial charge on any atom is 0.573 e. The molecule has 3 aromatic carbocycles. The van der Waals surface area contributed by atoms with Gasteiger partial charge in [0.1, 0.15) is 17.8 Å². The fraction of sp³-hybridized carbons (Fsp3) is 0.303. The van der Waals surface area contributed by atoms with Crippen molar-refractivity contribution in [3.8, 4) is 28.6 Å². The van der Waals surface area contributed by atoms with E-state index in [-0.39, 0.29) is 29.4 Å². The molecule has 1 atom stereocenters. The quantitative estimate of drug-likeness (QED) is 0.192. The number of urea groups is 1. The molecule has 3 amide bonds.